The molecule has 8 heteroatoms. The summed E-state index contributed by atoms with van der Waals surface area (Å²) in [6.45, 7) is 3.52. The van der Waals surface area contributed by atoms with Crippen molar-refractivity contribution in [3.8, 4) is 5.75 Å². The number of rotatable bonds is 12. The SMILES string of the molecule is OCCOCCOCCOCCOc1c(I)cc(I)cc1I. The van der Waals surface area contributed by atoms with Crippen LogP contribution in [0.25, 0.3) is 0 Å². The van der Waals surface area contributed by atoms with Crippen molar-refractivity contribution >= 4 is 67.8 Å². The van der Waals surface area contributed by atoms with E-state index in [0.29, 0.717) is 46.2 Å². The predicted molar refractivity (Wildman–Crippen MR) is 110 cm³/mol. The molecule has 0 spiro atoms. The van der Waals surface area contributed by atoms with Gasteiger partial charge in [0.15, 0.2) is 0 Å². The van der Waals surface area contributed by atoms with E-state index in [1.165, 1.54) is 3.57 Å². The van der Waals surface area contributed by atoms with Gasteiger partial charge in [0.1, 0.15) is 12.4 Å². The highest BCUT2D eigenvalue weighted by atomic mass is 127. The van der Waals surface area contributed by atoms with E-state index in [-0.39, 0.29) is 6.61 Å². The van der Waals surface area contributed by atoms with Gasteiger partial charge >= 0.3 is 0 Å². The maximum absolute atomic E-state index is 8.52. The van der Waals surface area contributed by atoms with Crippen LogP contribution in [0.4, 0.5) is 0 Å². The molecular weight excluding hydrogens is 629 g/mol. The van der Waals surface area contributed by atoms with Gasteiger partial charge in [0.05, 0.1) is 53.4 Å². The Morgan fingerprint density at radius 2 is 1.18 bits per heavy atom. The van der Waals surface area contributed by atoms with Crippen molar-refractivity contribution in [2.75, 3.05) is 52.9 Å². The molecule has 0 aromatic heterocycles. The molecule has 0 aliphatic rings. The molecule has 0 unspecified atom stereocenters. The predicted octanol–water partition coefficient (Wildman–Crippen LogP) is 2.92. The van der Waals surface area contributed by atoms with Crippen LogP contribution in [0, 0.1) is 10.7 Å². The number of benzene rings is 1. The van der Waals surface area contributed by atoms with Gasteiger partial charge in [-0.05, 0) is 79.9 Å². The number of aliphatic hydroxyl groups is 1. The van der Waals surface area contributed by atoms with Crippen molar-refractivity contribution < 1.29 is 24.1 Å². The fraction of sp³-hybridized carbons (Fsp3) is 0.571. The first-order chi connectivity index (χ1) is 10.6. The lowest BCUT2D eigenvalue weighted by atomic mass is 10.3. The number of hydrogen-bond acceptors (Lipinski definition) is 5. The quantitative estimate of drug-likeness (QED) is 0.280. The minimum Gasteiger partial charge on any atom is -0.489 e. The third kappa shape index (κ3) is 9.37. The monoisotopic (exact) mass is 648 g/mol. The molecule has 0 fully saturated rings. The summed E-state index contributed by atoms with van der Waals surface area (Å²) in [6, 6.07) is 4.18. The van der Waals surface area contributed by atoms with Crippen LogP contribution >= 0.6 is 67.8 Å². The lowest BCUT2D eigenvalue weighted by Gasteiger charge is -2.11. The molecule has 1 aromatic carbocycles. The van der Waals surface area contributed by atoms with Crippen LogP contribution in [-0.4, -0.2) is 58.0 Å². The molecule has 5 nitrogen and oxygen atoms in total. The van der Waals surface area contributed by atoms with Gasteiger partial charge in [-0.15, -0.1) is 0 Å². The van der Waals surface area contributed by atoms with Gasteiger partial charge < -0.3 is 24.1 Å². The van der Waals surface area contributed by atoms with E-state index in [2.05, 4.69) is 79.9 Å². The van der Waals surface area contributed by atoms with Crippen molar-refractivity contribution in [2.24, 2.45) is 0 Å². The van der Waals surface area contributed by atoms with Gasteiger partial charge in [-0.25, -0.2) is 0 Å². The highest BCUT2D eigenvalue weighted by Crippen LogP contribution is 2.29. The molecule has 0 bridgehead atoms. The molecule has 1 aromatic rings. The van der Waals surface area contributed by atoms with Crippen LogP contribution in [0.1, 0.15) is 0 Å². The Morgan fingerprint density at radius 1 is 0.727 bits per heavy atom. The standard InChI is InChI=1S/C14H19I3O5/c15-11-9-12(16)14(13(17)10-11)22-8-7-21-6-5-20-4-3-19-2-1-18/h9-10,18H,1-8H2. The van der Waals surface area contributed by atoms with Crippen LogP contribution in [0.5, 0.6) is 5.75 Å². The molecule has 0 radical (unpaired) electrons. The normalized spacial score (nSPS) is 10.9. The second kappa shape index (κ2) is 13.4. The van der Waals surface area contributed by atoms with Crippen molar-refractivity contribution in [1.82, 2.24) is 0 Å². The van der Waals surface area contributed by atoms with E-state index >= 15 is 0 Å². The van der Waals surface area contributed by atoms with Crippen molar-refractivity contribution in [3.05, 3.63) is 22.8 Å². The van der Waals surface area contributed by atoms with E-state index in [1.54, 1.807) is 0 Å². The lowest BCUT2D eigenvalue weighted by molar-refractivity contribution is 0.00354. The van der Waals surface area contributed by atoms with Gasteiger partial charge in [0.2, 0.25) is 0 Å². The second-order valence-electron chi connectivity index (χ2n) is 4.11. The molecule has 0 aliphatic carbocycles. The average molecular weight is 648 g/mol. The van der Waals surface area contributed by atoms with Gasteiger partial charge in [0, 0.05) is 3.57 Å². The van der Waals surface area contributed by atoms with E-state index < -0.39 is 0 Å². The summed E-state index contributed by atoms with van der Waals surface area (Å²) in [5, 5.41) is 8.52. The molecule has 0 atom stereocenters. The fourth-order valence-corrected chi connectivity index (χ4v) is 5.37. The summed E-state index contributed by atoms with van der Waals surface area (Å²) in [4.78, 5) is 0. The third-order valence-electron chi connectivity index (χ3n) is 2.42. The van der Waals surface area contributed by atoms with Crippen LogP contribution in [0.2, 0.25) is 0 Å². The molecule has 126 valence electrons. The zero-order valence-electron chi connectivity index (χ0n) is 12.0. The van der Waals surface area contributed by atoms with E-state index in [9.17, 15) is 0 Å². The molecule has 22 heavy (non-hydrogen) atoms. The van der Waals surface area contributed by atoms with Gasteiger partial charge in [-0.1, -0.05) is 0 Å². The molecule has 1 rings (SSSR count). The van der Waals surface area contributed by atoms with Crippen LogP contribution in [0.15, 0.2) is 12.1 Å². The smallest absolute Gasteiger partial charge is 0.146 e. The van der Waals surface area contributed by atoms with Crippen LogP contribution in [-0.2, 0) is 14.2 Å². The summed E-state index contributed by atoms with van der Waals surface area (Å²) in [5.74, 6) is 0.919. The summed E-state index contributed by atoms with van der Waals surface area (Å²) in [7, 11) is 0. The molecule has 0 heterocycles. The number of halogens is 3. The summed E-state index contributed by atoms with van der Waals surface area (Å²) in [6.07, 6.45) is 0. The maximum atomic E-state index is 8.52. The zero-order chi connectivity index (χ0) is 16.2. The molecule has 0 aliphatic heterocycles. The Hall–Kier alpha value is 1.05. The average Bonchev–Trinajstić information content (AvgIpc) is 2.46. The zero-order valence-corrected chi connectivity index (χ0v) is 18.5. The molecule has 0 saturated carbocycles. The highest BCUT2D eigenvalue weighted by Gasteiger charge is 2.07. The molecule has 0 saturated heterocycles. The van der Waals surface area contributed by atoms with Crippen molar-refractivity contribution in [3.63, 3.8) is 0 Å². The summed E-state index contributed by atoms with van der Waals surface area (Å²) < 4.78 is 25.0. The highest BCUT2D eigenvalue weighted by molar-refractivity contribution is 14.1. The second-order valence-corrected chi connectivity index (χ2v) is 7.68. The Balaban J connectivity index is 2.02. The van der Waals surface area contributed by atoms with Gasteiger partial charge in [0.25, 0.3) is 0 Å². The van der Waals surface area contributed by atoms with Crippen LogP contribution in [0.3, 0.4) is 0 Å². The first-order valence-corrected chi connectivity index (χ1v) is 10.00. The van der Waals surface area contributed by atoms with E-state index in [1.807, 2.05) is 0 Å². The maximum Gasteiger partial charge on any atom is 0.146 e. The van der Waals surface area contributed by atoms with Gasteiger partial charge in [-0.2, -0.15) is 0 Å². The first kappa shape index (κ1) is 21.1. The Bertz CT molecular complexity index is 408. The summed E-state index contributed by atoms with van der Waals surface area (Å²) in [5.41, 5.74) is 0. The minimum atomic E-state index is 0.0432. The number of hydrogen-bond donors (Lipinski definition) is 1. The lowest BCUT2D eigenvalue weighted by Crippen LogP contribution is -2.13. The minimum absolute atomic E-state index is 0.0432. The topological polar surface area (TPSA) is 57.2 Å². The van der Waals surface area contributed by atoms with Gasteiger partial charge in [-0.3, -0.25) is 0 Å². The molecule has 1 N–H and O–H groups in total. The Morgan fingerprint density at radius 3 is 1.68 bits per heavy atom. The first-order valence-electron chi connectivity index (χ1n) is 6.76. The van der Waals surface area contributed by atoms with Crippen molar-refractivity contribution in [2.45, 2.75) is 0 Å². The molecular formula is C14H19I3O5. The summed E-state index contributed by atoms with van der Waals surface area (Å²) >= 11 is 6.86. The fourth-order valence-electron chi connectivity index (χ4n) is 1.48. The van der Waals surface area contributed by atoms with E-state index in [4.69, 9.17) is 24.1 Å². The Labute approximate surface area is 171 Å². The Kier molecular flexibility index (Phi) is 12.8. The van der Waals surface area contributed by atoms with Crippen LogP contribution < -0.4 is 4.74 Å². The number of aliphatic hydroxyl groups excluding tert-OH is 1. The largest absolute Gasteiger partial charge is 0.489 e. The number of ether oxygens (including phenoxy) is 4. The molecule has 0 amide bonds. The third-order valence-corrected chi connectivity index (χ3v) is 4.64. The van der Waals surface area contributed by atoms with Crippen molar-refractivity contribution in [1.29, 1.82) is 0 Å². The van der Waals surface area contributed by atoms with E-state index in [0.717, 1.165) is 12.9 Å².